The number of nitriles is 1. The molecule has 0 fully saturated rings. The van der Waals surface area contributed by atoms with E-state index in [1.54, 1.807) is 45.0 Å². The van der Waals surface area contributed by atoms with Crippen LogP contribution in [0, 0.1) is 35.7 Å². The van der Waals surface area contributed by atoms with Crippen molar-refractivity contribution in [2.24, 2.45) is 41.5 Å². The van der Waals surface area contributed by atoms with Gasteiger partial charge in [-0.05, 0) is 132 Å². The number of H-pyrrole nitrogens is 1. The lowest BCUT2D eigenvalue weighted by Crippen LogP contribution is -2.39. The molecule has 5 rings (SSSR count). The molecule has 0 aliphatic carbocycles. The van der Waals surface area contributed by atoms with Gasteiger partial charge in [0, 0.05) is 12.2 Å². The summed E-state index contributed by atoms with van der Waals surface area (Å²) in [4.78, 5) is 38.6. The Morgan fingerprint density at radius 3 is 1.90 bits per heavy atom. The molecule has 1 atom stereocenters. The van der Waals surface area contributed by atoms with Crippen molar-refractivity contribution in [2.45, 2.75) is 54.4 Å². The summed E-state index contributed by atoms with van der Waals surface area (Å²) in [5, 5.41) is 34.4. The summed E-state index contributed by atoms with van der Waals surface area (Å²) in [5.74, 6) is -0.101. The van der Waals surface area contributed by atoms with Gasteiger partial charge in [0.25, 0.3) is 5.82 Å². The summed E-state index contributed by atoms with van der Waals surface area (Å²) >= 11 is 0. The number of hydrogen-bond acceptors (Lipinski definition) is 14. The number of nitrogens with one attached hydrogen (secondary N) is 1. The third-order valence-corrected chi connectivity index (χ3v) is 9.90. The summed E-state index contributed by atoms with van der Waals surface area (Å²) in [6, 6.07) is 31.4. The van der Waals surface area contributed by atoms with E-state index in [0.29, 0.717) is 48.0 Å². The Hall–Kier alpha value is -7.59. The van der Waals surface area contributed by atoms with Crippen molar-refractivity contribution in [1.82, 2.24) is 9.97 Å². The molecule has 0 saturated heterocycles. The molecule has 1 N–H and O–H groups in total. The number of azo groups is 3. The number of anilines is 1. The van der Waals surface area contributed by atoms with Gasteiger partial charge in [0.1, 0.15) is 31.6 Å². The van der Waals surface area contributed by atoms with Crippen molar-refractivity contribution < 1.29 is 23.8 Å². The molecule has 1 aromatic heterocycles. The molecule has 16 nitrogen and oxygen atoms in total. The molecule has 0 aliphatic rings. The number of nitrogens with zero attached hydrogens (tertiary/aromatic N) is 10. The van der Waals surface area contributed by atoms with E-state index in [4.69, 9.17) is 26.0 Å². The average Bonchev–Trinajstić information content (AvgIpc) is 3.70. The highest BCUT2D eigenvalue weighted by Crippen LogP contribution is 2.39. The van der Waals surface area contributed by atoms with Crippen LogP contribution in [0.25, 0.3) is 4.85 Å². The highest BCUT2D eigenvalue weighted by Gasteiger charge is 2.43. The summed E-state index contributed by atoms with van der Waals surface area (Å²) in [5.41, 5.74) is 3.17. The smallest absolute Gasteiger partial charge is 0.322 e. The fourth-order valence-corrected chi connectivity index (χ4v) is 6.33. The SMILES string of the molecule is [C-]#[N+]c1[nH]c(N=Nc2ccc(N(CC)CCOC(=O)C(C)(C)CC(C)(CC)C(=O)OCCOc3ccc(N=Nc4ccc(N=Nc5ccccc5)cc4)cc3C)cc2)nc1C#N. The number of imidazole rings is 1. The molecule has 62 heavy (non-hydrogen) atoms. The van der Waals surface area contributed by atoms with E-state index in [0.717, 1.165) is 16.9 Å². The first kappa shape index (κ1) is 45.5. The number of rotatable bonds is 20. The lowest BCUT2D eigenvalue weighted by atomic mass is 9.72. The van der Waals surface area contributed by atoms with Crippen molar-refractivity contribution >= 4 is 57.8 Å². The van der Waals surface area contributed by atoms with Gasteiger partial charge in [0.15, 0.2) is 5.69 Å². The molecular formula is C46H49N11O5. The maximum Gasteiger partial charge on any atom is 0.322 e. The van der Waals surface area contributed by atoms with Gasteiger partial charge in [-0.1, -0.05) is 36.8 Å². The van der Waals surface area contributed by atoms with Crippen LogP contribution < -0.4 is 9.64 Å². The Bertz CT molecular complexity index is 2440. The number of ether oxygens (including phenoxy) is 3. The fraction of sp³-hybridized carbons (Fsp3) is 0.326. The Morgan fingerprint density at radius 2 is 1.34 bits per heavy atom. The summed E-state index contributed by atoms with van der Waals surface area (Å²) in [7, 11) is 0. The van der Waals surface area contributed by atoms with Crippen molar-refractivity contribution in [3.63, 3.8) is 0 Å². The standard InChI is InChI=1S/C46H49N11O5/c1-8-46(6,31-45(4,5)42(58)61-26-25-57(9-2)38-22-19-36(20-23-38)54-56-44-49-39(30-47)41(48-7)50-44)43(59)62-28-27-60-40-24-21-37(29-32(40)3)55-53-35-17-15-34(16-18-35)52-51-33-13-11-10-12-14-33/h10-24,29H,8-9,25-28,31H2,1-6H3,(H,49,50). The molecular weight excluding hydrogens is 787 g/mol. The first-order valence-corrected chi connectivity index (χ1v) is 20.1. The Kier molecular flexibility index (Phi) is 15.9. The van der Waals surface area contributed by atoms with Gasteiger partial charge in [0.05, 0.1) is 45.8 Å². The number of hydrogen-bond donors (Lipinski definition) is 1. The van der Waals surface area contributed by atoms with Gasteiger partial charge in [-0.15, -0.1) is 5.11 Å². The van der Waals surface area contributed by atoms with E-state index in [1.165, 1.54) is 0 Å². The van der Waals surface area contributed by atoms with E-state index in [-0.39, 0.29) is 43.7 Å². The number of likely N-dealkylation sites (N-methyl/N-ethyl adjacent to an activating group) is 1. The van der Waals surface area contributed by atoms with Gasteiger partial charge in [-0.25, -0.2) is 0 Å². The number of aromatic amines is 1. The highest BCUT2D eigenvalue weighted by molar-refractivity contribution is 5.80. The molecule has 0 aliphatic heterocycles. The monoisotopic (exact) mass is 835 g/mol. The second-order valence-corrected chi connectivity index (χ2v) is 15.1. The molecule has 4 aromatic carbocycles. The zero-order chi connectivity index (χ0) is 44.5. The minimum atomic E-state index is -0.963. The molecule has 318 valence electrons. The lowest BCUT2D eigenvalue weighted by molar-refractivity contribution is -0.163. The molecule has 0 saturated carbocycles. The van der Waals surface area contributed by atoms with Crippen LogP contribution in [0.1, 0.15) is 58.7 Å². The first-order chi connectivity index (χ1) is 29.9. The van der Waals surface area contributed by atoms with E-state index in [9.17, 15) is 9.59 Å². The molecule has 16 heteroatoms. The number of benzene rings is 4. The third-order valence-electron chi connectivity index (χ3n) is 9.90. The predicted octanol–water partition coefficient (Wildman–Crippen LogP) is 12.2. The van der Waals surface area contributed by atoms with Gasteiger partial charge in [0.2, 0.25) is 0 Å². The van der Waals surface area contributed by atoms with Crippen LogP contribution in [0.3, 0.4) is 0 Å². The van der Waals surface area contributed by atoms with Crippen molar-refractivity contribution in [3.8, 4) is 11.8 Å². The van der Waals surface area contributed by atoms with Crippen LogP contribution in [0.2, 0.25) is 0 Å². The summed E-state index contributed by atoms with van der Waals surface area (Å²) in [6.07, 6.45) is 0.696. The zero-order valence-corrected chi connectivity index (χ0v) is 35.7. The van der Waals surface area contributed by atoms with Crippen LogP contribution in [0.4, 0.5) is 45.9 Å². The minimum Gasteiger partial charge on any atom is -0.490 e. The highest BCUT2D eigenvalue weighted by atomic mass is 16.6. The van der Waals surface area contributed by atoms with Crippen LogP contribution in [0.5, 0.6) is 5.75 Å². The maximum atomic E-state index is 13.4. The van der Waals surface area contributed by atoms with Crippen molar-refractivity contribution in [2.75, 3.05) is 37.8 Å². The second-order valence-electron chi connectivity index (χ2n) is 15.1. The van der Waals surface area contributed by atoms with Gasteiger partial charge in [-0.2, -0.15) is 30.7 Å². The average molecular weight is 836 g/mol. The lowest BCUT2D eigenvalue weighted by Gasteiger charge is -2.34. The quantitative estimate of drug-likeness (QED) is 0.0346. The molecule has 0 spiro atoms. The van der Waals surface area contributed by atoms with Gasteiger partial charge in [-0.3, -0.25) is 14.6 Å². The summed E-state index contributed by atoms with van der Waals surface area (Å²) in [6.45, 7) is 19.7. The number of esters is 2. The molecule has 1 unspecified atom stereocenters. The topological polar surface area (TPSA) is 196 Å². The summed E-state index contributed by atoms with van der Waals surface area (Å²) < 4.78 is 17.3. The van der Waals surface area contributed by atoms with Gasteiger partial charge < -0.3 is 24.0 Å². The normalized spacial score (nSPS) is 12.5. The zero-order valence-electron chi connectivity index (χ0n) is 35.7. The third kappa shape index (κ3) is 12.7. The molecule has 0 amide bonds. The molecule has 0 radical (unpaired) electrons. The van der Waals surface area contributed by atoms with E-state index < -0.39 is 22.8 Å². The predicted molar refractivity (Wildman–Crippen MR) is 235 cm³/mol. The Morgan fingerprint density at radius 1 is 0.774 bits per heavy atom. The largest absolute Gasteiger partial charge is 0.490 e. The van der Waals surface area contributed by atoms with Crippen LogP contribution in [-0.2, 0) is 19.1 Å². The van der Waals surface area contributed by atoms with Crippen LogP contribution in [-0.4, -0.2) is 54.8 Å². The maximum absolute atomic E-state index is 13.4. The molecule has 5 aromatic rings. The number of carbonyl (C=O) groups is 2. The Labute approximate surface area is 361 Å². The molecule has 1 heterocycles. The van der Waals surface area contributed by atoms with Crippen molar-refractivity contribution in [3.05, 3.63) is 120 Å². The fourth-order valence-electron chi connectivity index (χ4n) is 6.33. The second kappa shape index (κ2) is 21.6. The number of carbonyl (C=O) groups excluding carboxylic acids is 2. The number of aryl methyl sites for hydroxylation is 1. The van der Waals surface area contributed by atoms with Gasteiger partial charge >= 0.3 is 17.9 Å². The molecule has 0 bridgehead atoms. The number of aromatic nitrogens is 2. The van der Waals surface area contributed by atoms with Crippen LogP contribution >= 0.6 is 0 Å². The van der Waals surface area contributed by atoms with E-state index in [2.05, 4.69) is 50.4 Å². The minimum absolute atomic E-state index is 0.0124. The first-order valence-electron chi connectivity index (χ1n) is 20.1. The Balaban J connectivity index is 1.04. The van der Waals surface area contributed by atoms with Crippen molar-refractivity contribution in [1.29, 1.82) is 5.26 Å². The van der Waals surface area contributed by atoms with E-state index in [1.807, 2.05) is 99.6 Å². The van der Waals surface area contributed by atoms with Crippen LogP contribution in [0.15, 0.2) is 128 Å². The van der Waals surface area contributed by atoms with E-state index >= 15 is 0 Å².